The van der Waals surface area contributed by atoms with Crippen LogP contribution in [0.4, 0.5) is 0 Å². The van der Waals surface area contributed by atoms with Gasteiger partial charge in [-0.3, -0.25) is 9.36 Å². The predicted molar refractivity (Wildman–Crippen MR) is 103 cm³/mol. The van der Waals surface area contributed by atoms with Crippen molar-refractivity contribution in [1.82, 2.24) is 14.9 Å². The summed E-state index contributed by atoms with van der Waals surface area (Å²) in [5.41, 5.74) is 2.41. The molecule has 0 saturated carbocycles. The molecule has 3 rings (SSSR count). The van der Waals surface area contributed by atoms with E-state index in [0.717, 1.165) is 11.3 Å². The lowest BCUT2D eigenvalue weighted by molar-refractivity contribution is 0.0933. The van der Waals surface area contributed by atoms with Crippen molar-refractivity contribution in [1.29, 1.82) is 0 Å². The number of nitrogens with zero attached hydrogens (tertiary/aromatic N) is 1. The third kappa shape index (κ3) is 4.18. The molecule has 4 nitrogen and oxygen atoms in total. The first-order valence-corrected chi connectivity index (χ1v) is 8.74. The standard InChI is InChI=1S/C19H18ClN3OS/c1-13(10-14-6-5-7-15(20)11-14)22-18(24)17-12-21-19(25)23(17)16-8-3-2-4-9-16/h2-9,11-13H,10H2,1H3,(H,21,25)(H,22,24)/t13-/m1/s1. The van der Waals surface area contributed by atoms with E-state index in [0.29, 0.717) is 21.9 Å². The van der Waals surface area contributed by atoms with E-state index in [1.165, 1.54) is 0 Å². The number of carbonyl (C=O) groups is 1. The van der Waals surface area contributed by atoms with Crippen LogP contribution in [-0.4, -0.2) is 21.5 Å². The lowest BCUT2D eigenvalue weighted by Crippen LogP contribution is -2.35. The number of benzene rings is 2. The first-order chi connectivity index (χ1) is 12.0. The summed E-state index contributed by atoms with van der Waals surface area (Å²) in [5, 5.41) is 3.71. The van der Waals surface area contributed by atoms with Crippen molar-refractivity contribution in [2.75, 3.05) is 0 Å². The molecule has 0 radical (unpaired) electrons. The van der Waals surface area contributed by atoms with Crippen LogP contribution in [-0.2, 0) is 6.42 Å². The van der Waals surface area contributed by atoms with Gasteiger partial charge in [0.1, 0.15) is 5.69 Å². The van der Waals surface area contributed by atoms with Crippen LogP contribution >= 0.6 is 23.8 Å². The fourth-order valence-electron chi connectivity index (χ4n) is 2.74. The van der Waals surface area contributed by atoms with E-state index < -0.39 is 0 Å². The zero-order valence-corrected chi connectivity index (χ0v) is 15.3. The Morgan fingerprint density at radius 2 is 2.00 bits per heavy atom. The summed E-state index contributed by atoms with van der Waals surface area (Å²) in [6.45, 7) is 1.97. The molecular weight excluding hydrogens is 354 g/mol. The SMILES string of the molecule is C[C@H](Cc1cccc(Cl)c1)NC(=O)c1c[nH]c(=S)n1-c1ccccc1. The maximum atomic E-state index is 12.7. The number of halogens is 1. The van der Waals surface area contributed by atoms with Crippen molar-refractivity contribution in [3.05, 3.63) is 81.8 Å². The van der Waals surface area contributed by atoms with Crippen LogP contribution in [0.15, 0.2) is 60.8 Å². The zero-order valence-electron chi connectivity index (χ0n) is 13.7. The minimum atomic E-state index is -0.175. The molecule has 1 aromatic heterocycles. The highest BCUT2D eigenvalue weighted by molar-refractivity contribution is 7.71. The summed E-state index contributed by atoms with van der Waals surface area (Å²) in [6.07, 6.45) is 2.33. The lowest BCUT2D eigenvalue weighted by Gasteiger charge is -2.15. The fraction of sp³-hybridized carbons (Fsp3) is 0.158. The number of amides is 1. The lowest BCUT2D eigenvalue weighted by atomic mass is 10.1. The number of hydrogen-bond acceptors (Lipinski definition) is 2. The van der Waals surface area contributed by atoms with Gasteiger partial charge in [-0.05, 0) is 55.4 Å². The molecule has 128 valence electrons. The van der Waals surface area contributed by atoms with Crippen LogP contribution in [0.1, 0.15) is 23.0 Å². The summed E-state index contributed by atoms with van der Waals surface area (Å²) >= 11 is 11.3. The van der Waals surface area contributed by atoms with E-state index in [-0.39, 0.29) is 11.9 Å². The molecule has 3 aromatic rings. The number of nitrogens with one attached hydrogen (secondary N) is 2. The third-order valence-corrected chi connectivity index (χ3v) is 4.37. The number of carbonyl (C=O) groups excluding carboxylic acids is 1. The fourth-order valence-corrected chi connectivity index (χ4v) is 3.21. The number of hydrogen-bond donors (Lipinski definition) is 2. The molecule has 1 heterocycles. The second-order valence-electron chi connectivity index (χ2n) is 5.86. The quantitative estimate of drug-likeness (QED) is 0.646. The molecule has 0 saturated heterocycles. The van der Waals surface area contributed by atoms with Crippen LogP contribution in [0.25, 0.3) is 5.69 Å². The van der Waals surface area contributed by atoms with Gasteiger partial charge < -0.3 is 10.3 Å². The van der Waals surface area contributed by atoms with E-state index in [2.05, 4.69) is 10.3 Å². The summed E-state index contributed by atoms with van der Waals surface area (Å²) in [5.74, 6) is -0.175. The van der Waals surface area contributed by atoms with Crippen molar-refractivity contribution in [2.45, 2.75) is 19.4 Å². The minimum absolute atomic E-state index is 0.0429. The van der Waals surface area contributed by atoms with E-state index >= 15 is 0 Å². The second-order valence-corrected chi connectivity index (χ2v) is 6.68. The van der Waals surface area contributed by atoms with Crippen LogP contribution in [0.5, 0.6) is 0 Å². The smallest absolute Gasteiger partial charge is 0.270 e. The first kappa shape index (κ1) is 17.5. The highest BCUT2D eigenvalue weighted by Gasteiger charge is 2.16. The Labute approximate surface area is 156 Å². The number of para-hydroxylation sites is 1. The van der Waals surface area contributed by atoms with E-state index in [9.17, 15) is 4.79 Å². The van der Waals surface area contributed by atoms with E-state index in [4.69, 9.17) is 23.8 Å². The van der Waals surface area contributed by atoms with Gasteiger partial charge in [0, 0.05) is 22.9 Å². The van der Waals surface area contributed by atoms with Crippen molar-refractivity contribution < 1.29 is 4.79 Å². The maximum Gasteiger partial charge on any atom is 0.270 e. The molecule has 25 heavy (non-hydrogen) atoms. The second kappa shape index (κ2) is 7.68. The van der Waals surface area contributed by atoms with Gasteiger partial charge in [0.05, 0.1) is 0 Å². The van der Waals surface area contributed by atoms with Crippen molar-refractivity contribution in [3.63, 3.8) is 0 Å². The number of H-pyrrole nitrogens is 1. The average molecular weight is 372 g/mol. The number of aromatic nitrogens is 2. The Morgan fingerprint density at radius 1 is 1.24 bits per heavy atom. The molecule has 0 aliphatic rings. The molecular formula is C19H18ClN3OS. The number of aromatic amines is 1. The molecule has 2 aromatic carbocycles. The van der Waals surface area contributed by atoms with Gasteiger partial charge in [0.15, 0.2) is 4.77 Å². The highest BCUT2D eigenvalue weighted by Crippen LogP contribution is 2.14. The normalized spacial score (nSPS) is 11.9. The Hall–Kier alpha value is -2.37. The largest absolute Gasteiger partial charge is 0.348 e. The van der Waals surface area contributed by atoms with Crippen molar-refractivity contribution in [3.8, 4) is 5.69 Å². The van der Waals surface area contributed by atoms with Gasteiger partial charge in [-0.1, -0.05) is 41.9 Å². The van der Waals surface area contributed by atoms with Gasteiger partial charge >= 0.3 is 0 Å². The van der Waals surface area contributed by atoms with Gasteiger partial charge in [-0.25, -0.2) is 0 Å². The molecule has 0 unspecified atom stereocenters. The van der Waals surface area contributed by atoms with E-state index in [1.54, 1.807) is 10.8 Å². The number of rotatable bonds is 5. The molecule has 1 atom stereocenters. The van der Waals surface area contributed by atoms with E-state index in [1.807, 2.05) is 61.5 Å². The van der Waals surface area contributed by atoms with Crippen molar-refractivity contribution in [2.24, 2.45) is 0 Å². The molecule has 0 bridgehead atoms. The molecule has 6 heteroatoms. The molecule has 0 aliphatic heterocycles. The van der Waals surface area contributed by atoms with Crippen LogP contribution < -0.4 is 5.32 Å². The average Bonchev–Trinajstić information content (AvgIpc) is 2.97. The first-order valence-electron chi connectivity index (χ1n) is 7.96. The summed E-state index contributed by atoms with van der Waals surface area (Å²) < 4.78 is 2.22. The molecule has 1 amide bonds. The zero-order chi connectivity index (χ0) is 17.8. The minimum Gasteiger partial charge on any atom is -0.348 e. The Bertz CT molecular complexity index is 933. The van der Waals surface area contributed by atoms with Gasteiger partial charge in [-0.2, -0.15) is 0 Å². The van der Waals surface area contributed by atoms with Crippen LogP contribution in [0, 0.1) is 4.77 Å². The van der Waals surface area contributed by atoms with Crippen LogP contribution in [0.2, 0.25) is 5.02 Å². The summed E-state index contributed by atoms with van der Waals surface area (Å²) in [6, 6.07) is 17.2. The summed E-state index contributed by atoms with van der Waals surface area (Å²) in [7, 11) is 0. The predicted octanol–water partition coefficient (Wildman–Crippen LogP) is 4.55. The Kier molecular flexibility index (Phi) is 5.36. The van der Waals surface area contributed by atoms with Crippen molar-refractivity contribution >= 4 is 29.7 Å². The molecule has 0 aliphatic carbocycles. The Morgan fingerprint density at radius 3 is 2.72 bits per heavy atom. The van der Waals surface area contributed by atoms with Gasteiger partial charge in [0.2, 0.25) is 0 Å². The topological polar surface area (TPSA) is 49.8 Å². The van der Waals surface area contributed by atoms with Gasteiger partial charge in [0.25, 0.3) is 5.91 Å². The maximum absolute atomic E-state index is 12.7. The number of imidazole rings is 1. The monoisotopic (exact) mass is 371 g/mol. The van der Waals surface area contributed by atoms with Gasteiger partial charge in [-0.15, -0.1) is 0 Å². The molecule has 0 fully saturated rings. The highest BCUT2D eigenvalue weighted by atomic mass is 35.5. The Balaban J connectivity index is 1.77. The molecule has 2 N–H and O–H groups in total. The third-order valence-electron chi connectivity index (χ3n) is 3.83. The molecule has 0 spiro atoms. The van der Waals surface area contributed by atoms with Crippen LogP contribution in [0.3, 0.4) is 0 Å². The summed E-state index contributed by atoms with van der Waals surface area (Å²) in [4.78, 5) is 15.6.